The molecule has 5 heteroatoms. The Balaban J connectivity index is 2.67. The summed E-state index contributed by atoms with van der Waals surface area (Å²) in [6.07, 6.45) is 0. The van der Waals surface area contributed by atoms with Crippen LogP contribution < -0.4 is 5.32 Å². The van der Waals surface area contributed by atoms with E-state index in [-0.39, 0.29) is 17.8 Å². The molecule has 0 aliphatic heterocycles. The first-order valence-electron chi connectivity index (χ1n) is 5.83. The number of ether oxygens (including phenoxy) is 1. The van der Waals surface area contributed by atoms with Gasteiger partial charge in [-0.25, -0.2) is 4.39 Å². The summed E-state index contributed by atoms with van der Waals surface area (Å²) in [5, 5.41) is 3.11. The van der Waals surface area contributed by atoms with Crippen LogP contribution in [0.15, 0.2) is 22.7 Å². The lowest BCUT2D eigenvalue weighted by atomic mass is 10.1. The largest absolute Gasteiger partial charge is 0.465 e. The van der Waals surface area contributed by atoms with Crippen LogP contribution in [0.5, 0.6) is 0 Å². The van der Waals surface area contributed by atoms with Gasteiger partial charge in [-0.2, -0.15) is 0 Å². The molecule has 0 aliphatic rings. The molecule has 0 aliphatic carbocycles. The highest BCUT2D eigenvalue weighted by Crippen LogP contribution is 2.21. The highest BCUT2D eigenvalue weighted by atomic mass is 79.9. The van der Waals surface area contributed by atoms with Gasteiger partial charge in [0, 0.05) is 6.04 Å². The smallest absolute Gasteiger partial charge is 0.322 e. The highest BCUT2D eigenvalue weighted by Gasteiger charge is 2.17. The van der Waals surface area contributed by atoms with E-state index in [2.05, 4.69) is 21.2 Å². The van der Waals surface area contributed by atoms with Gasteiger partial charge in [-0.05, 0) is 54.4 Å². The van der Waals surface area contributed by atoms with Gasteiger partial charge in [-0.15, -0.1) is 0 Å². The summed E-state index contributed by atoms with van der Waals surface area (Å²) in [7, 11) is 0. The van der Waals surface area contributed by atoms with Gasteiger partial charge in [0.2, 0.25) is 0 Å². The van der Waals surface area contributed by atoms with Gasteiger partial charge in [-0.1, -0.05) is 6.07 Å². The van der Waals surface area contributed by atoms with Crippen LogP contribution in [0.25, 0.3) is 0 Å². The van der Waals surface area contributed by atoms with Crippen LogP contribution in [0.4, 0.5) is 4.39 Å². The second-order valence-corrected chi connectivity index (χ2v) is 4.89. The normalized spacial score (nSPS) is 14.1. The second-order valence-electron chi connectivity index (χ2n) is 4.04. The predicted octanol–water partition coefficient (Wildman–Crippen LogP) is 3.19. The Labute approximate surface area is 115 Å². The molecule has 1 N–H and O–H groups in total. The van der Waals surface area contributed by atoms with Gasteiger partial charge < -0.3 is 4.74 Å². The fourth-order valence-electron chi connectivity index (χ4n) is 1.59. The van der Waals surface area contributed by atoms with Crippen molar-refractivity contribution in [2.24, 2.45) is 0 Å². The van der Waals surface area contributed by atoms with Gasteiger partial charge in [-0.3, -0.25) is 10.1 Å². The van der Waals surface area contributed by atoms with Gasteiger partial charge >= 0.3 is 5.97 Å². The number of esters is 1. The van der Waals surface area contributed by atoms with E-state index >= 15 is 0 Å². The van der Waals surface area contributed by atoms with Crippen molar-refractivity contribution in [1.29, 1.82) is 0 Å². The van der Waals surface area contributed by atoms with Crippen LogP contribution in [0.3, 0.4) is 0 Å². The molecule has 0 spiro atoms. The summed E-state index contributed by atoms with van der Waals surface area (Å²) < 4.78 is 18.4. The lowest BCUT2D eigenvalue weighted by Crippen LogP contribution is -2.37. The predicted molar refractivity (Wildman–Crippen MR) is 71.7 cm³/mol. The first-order valence-corrected chi connectivity index (χ1v) is 6.62. The third-order valence-corrected chi connectivity index (χ3v) is 3.19. The number of halogens is 2. The van der Waals surface area contributed by atoms with E-state index in [4.69, 9.17) is 4.74 Å². The van der Waals surface area contributed by atoms with E-state index < -0.39 is 6.04 Å². The molecule has 18 heavy (non-hydrogen) atoms. The molecule has 0 bridgehead atoms. The van der Waals surface area contributed by atoms with Crippen molar-refractivity contribution in [1.82, 2.24) is 5.32 Å². The number of hydrogen-bond acceptors (Lipinski definition) is 3. The maximum Gasteiger partial charge on any atom is 0.322 e. The molecule has 0 saturated carbocycles. The molecule has 3 nitrogen and oxygen atoms in total. The van der Waals surface area contributed by atoms with E-state index in [1.54, 1.807) is 26.0 Å². The lowest BCUT2D eigenvalue weighted by Gasteiger charge is -2.19. The summed E-state index contributed by atoms with van der Waals surface area (Å²) in [5.41, 5.74) is 0.902. The molecule has 100 valence electrons. The second kappa shape index (κ2) is 6.85. The van der Waals surface area contributed by atoms with Crippen LogP contribution in [0, 0.1) is 5.82 Å². The minimum absolute atomic E-state index is 0.0682. The zero-order valence-electron chi connectivity index (χ0n) is 10.7. The standard InChI is InChI=1S/C13H17BrFNO2/c1-4-18-13(17)9(3)16-8(2)10-5-6-12(15)11(14)7-10/h5-9,16H,4H2,1-3H3. The molecule has 0 amide bonds. The van der Waals surface area contributed by atoms with Gasteiger partial charge in [0.05, 0.1) is 11.1 Å². The molecule has 0 radical (unpaired) electrons. The number of hydrogen-bond donors (Lipinski definition) is 1. The molecule has 1 aromatic carbocycles. The van der Waals surface area contributed by atoms with Crippen LogP contribution in [-0.2, 0) is 9.53 Å². The first-order chi connectivity index (χ1) is 8.45. The topological polar surface area (TPSA) is 38.3 Å². The zero-order chi connectivity index (χ0) is 13.7. The molecule has 1 rings (SSSR count). The molecular formula is C13H17BrFNO2. The molecule has 0 fully saturated rings. The summed E-state index contributed by atoms with van der Waals surface area (Å²) in [6, 6.07) is 4.32. The van der Waals surface area contributed by atoms with Gasteiger partial charge in [0.15, 0.2) is 0 Å². The summed E-state index contributed by atoms with van der Waals surface area (Å²) >= 11 is 3.14. The SMILES string of the molecule is CCOC(=O)C(C)NC(C)c1ccc(F)c(Br)c1. The van der Waals surface area contributed by atoms with Crippen molar-refractivity contribution in [2.45, 2.75) is 32.9 Å². The number of benzene rings is 1. The summed E-state index contributed by atoms with van der Waals surface area (Å²) in [5.74, 6) is -0.588. The number of carbonyl (C=O) groups is 1. The van der Waals surface area contributed by atoms with Crippen molar-refractivity contribution in [3.63, 3.8) is 0 Å². The van der Waals surface area contributed by atoms with Gasteiger partial charge in [0.1, 0.15) is 11.9 Å². The molecule has 0 aromatic heterocycles. The van der Waals surface area contributed by atoms with E-state index in [0.29, 0.717) is 11.1 Å². The minimum atomic E-state index is -0.399. The van der Waals surface area contributed by atoms with Crippen LogP contribution in [0.1, 0.15) is 32.4 Å². The Morgan fingerprint density at radius 1 is 1.50 bits per heavy atom. The molecule has 0 saturated heterocycles. The number of rotatable bonds is 5. The molecule has 2 atom stereocenters. The lowest BCUT2D eigenvalue weighted by molar-refractivity contribution is -0.145. The van der Waals surface area contributed by atoms with E-state index in [1.807, 2.05) is 6.92 Å². The summed E-state index contributed by atoms with van der Waals surface area (Å²) in [4.78, 5) is 11.5. The fraction of sp³-hybridized carbons (Fsp3) is 0.462. The molecule has 2 unspecified atom stereocenters. The monoisotopic (exact) mass is 317 g/mol. The Morgan fingerprint density at radius 2 is 2.17 bits per heavy atom. The van der Waals surface area contributed by atoms with Gasteiger partial charge in [0.25, 0.3) is 0 Å². The maximum atomic E-state index is 13.1. The number of carbonyl (C=O) groups excluding carboxylic acids is 1. The van der Waals surface area contributed by atoms with E-state index in [1.165, 1.54) is 6.07 Å². The van der Waals surface area contributed by atoms with E-state index in [0.717, 1.165) is 5.56 Å². The van der Waals surface area contributed by atoms with Crippen molar-refractivity contribution in [2.75, 3.05) is 6.61 Å². The molecule has 0 heterocycles. The highest BCUT2D eigenvalue weighted by molar-refractivity contribution is 9.10. The van der Waals surface area contributed by atoms with Crippen molar-refractivity contribution in [3.8, 4) is 0 Å². The van der Waals surface area contributed by atoms with Crippen molar-refractivity contribution >= 4 is 21.9 Å². The Bertz CT molecular complexity index is 425. The third-order valence-electron chi connectivity index (χ3n) is 2.58. The quantitative estimate of drug-likeness (QED) is 0.848. The van der Waals surface area contributed by atoms with Crippen LogP contribution >= 0.6 is 15.9 Å². The fourth-order valence-corrected chi connectivity index (χ4v) is 1.98. The first kappa shape index (κ1) is 15.1. The molecule has 1 aromatic rings. The average Bonchev–Trinajstić information content (AvgIpc) is 2.32. The Kier molecular flexibility index (Phi) is 5.75. The zero-order valence-corrected chi connectivity index (χ0v) is 12.3. The average molecular weight is 318 g/mol. The number of nitrogens with one attached hydrogen (secondary N) is 1. The maximum absolute atomic E-state index is 13.1. The van der Waals surface area contributed by atoms with Crippen molar-refractivity contribution < 1.29 is 13.9 Å². The molecular weight excluding hydrogens is 301 g/mol. The Morgan fingerprint density at radius 3 is 2.72 bits per heavy atom. The van der Waals surface area contributed by atoms with Crippen LogP contribution in [-0.4, -0.2) is 18.6 Å². The Hall–Kier alpha value is -0.940. The van der Waals surface area contributed by atoms with E-state index in [9.17, 15) is 9.18 Å². The summed E-state index contributed by atoms with van der Waals surface area (Å²) in [6.45, 7) is 5.79. The minimum Gasteiger partial charge on any atom is -0.465 e. The third kappa shape index (κ3) is 4.07. The van der Waals surface area contributed by atoms with Crippen molar-refractivity contribution in [3.05, 3.63) is 34.1 Å². The van der Waals surface area contributed by atoms with Crippen LogP contribution in [0.2, 0.25) is 0 Å².